The fourth-order valence-electron chi connectivity index (χ4n) is 2.39. The van der Waals surface area contributed by atoms with Gasteiger partial charge in [0.1, 0.15) is 0 Å². The fraction of sp³-hybridized carbons (Fsp3) is 0.500. The third-order valence-electron chi connectivity index (χ3n) is 3.38. The van der Waals surface area contributed by atoms with E-state index in [9.17, 15) is 4.79 Å². The zero-order valence-electron chi connectivity index (χ0n) is 9.92. The molecule has 2 rings (SSSR count). The van der Waals surface area contributed by atoms with Gasteiger partial charge in [-0.2, -0.15) is 0 Å². The van der Waals surface area contributed by atoms with Gasteiger partial charge in [-0.25, -0.2) is 0 Å². The smallest absolute Gasteiger partial charge is 0.224 e. The number of carbonyl (C=O) groups excluding carboxylic acids is 1. The summed E-state index contributed by atoms with van der Waals surface area (Å²) in [5, 5.41) is 2.93. The Kier molecular flexibility index (Phi) is 4.60. The Bertz CT molecular complexity index is 368. The van der Waals surface area contributed by atoms with Crippen molar-refractivity contribution in [3.05, 3.63) is 28.7 Å². The second-order valence-corrected chi connectivity index (χ2v) is 5.66. The Morgan fingerprint density at radius 3 is 2.53 bits per heavy atom. The van der Waals surface area contributed by atoms with E-state index in [1.54, 1.807) is 0 Å². The lowest BCUT2D eigenvalue weighted by Gasteiger charge is -2.09. The first kappa shape index (κ1) is 12.6. The van der Waals surface area contributed by atoms with Gasteiger partial charge in [0.05, 0.1) is 0 Å². The van der Waals surface area contributed by atoms with E-state index in [1.165, 1.54) is 25.7 Å². The number of benzene rings is 1. The molecule has 3 heteroatoms. The monoisotopic (exact) mass is 295 g/mol. The van der Waals surface area contributed by atoms with E-state index in [-0.39, 0.29) is 5.91 Å². The number of carbonyl (C=O) groups is 1. The third-order valence-corrected chi connectivity index (χ3v) is 3.91. The molecule has 0 heterocycles. The molecule has 1 aromatic carbocycles. The molecule has 2 nitrogen and oxygen atoms in total. The third kappa shape index (κ3) is 4.15. The number of anilines is 1. The predicted molar refractivity (Wildman–Crippen MR) is 74.0 cm³/mol. The lowest BCUT2D eigenvalue weighted by Crippen LogP contribution is -2.12. The summed E-state index contributed by atoms with van der Waals surface area (Å²) in [6.45, 7) is 0. The van der Waals surface area contributed by atoms with E-state index in [1.807, 2.05) is 24.3 Å². The summed E-state index contributed by atoms with van der Waals surface area (Å²) in [5.74, 6) is 0.921. The van der Waals surface area contributed by atoms with Crippen LogP contribution in [0.25, 0.3) is 0 Å². The Labute approximate surface area is 111 Å². The summed E-state index contributed by atoms with van der Waals surface area (Å²) in [5.41, 5.74) is 0.879. The van der Waals surface area contributed by atoms with Gasteiger partial charge < -0.3 is 5.32 Å². The number of halogens is 1. The van der Waals surface area contributed by atoms with Crippen LogP contribution in [0.1, 0.15) is 38.5 Å². The van der Waals surface area contributed by atoms with Gasteiger partial charge >= 0.3 is 0 Å². The van der Waals surface area contributed by atoms with E-state index in [0.717, 1.165) is 22.5 Å². The standard InChI is InChI=1S/C14H18BrNO/c15-12-6-8-13(9-7-12)16-14(17)10-5-11-3-1-2-4-11/h6-9,11H,1-5,10H2,(H,16,17). The Morgan fingerprint density at radius 2 is 1.88 bits per heavy atom. The van der Waals surface area contributed by atoms with Gasteiger partial charge in [0.15, 0.2) is 0 Å². The van der Waals surface area contributed by atoms with Crippen molar-refractivity contribution in [2.45, 2.75) is 38.5 Å². The van der Waals surface area contributed by atoms with Gasteiger partial charge in [0.2, 0.25) is 5.91 Å². The highest BCUT2D eigenvalue weighted by molar-refractivity contribution is 9.10. The van der Waals surface area contributed by atoms with E-state index >= 15 is 0 Å². The molecule has 1 saturated carbocycles. The molecule has 0 radical (unpaired) electrons. The Morgan fingerprint density at radius 1 is 1.24 bits per heavy atom. The van der Waals surface area contributed by atoms with Crippen molar-refractivity contribution < 1.29 is 4.79 Å². The van der Waals surface area contributed by atoms with E-state index in [2.05, 4.69) is 21.2 Å². The molecule has 1 aliphatic rings. The molecular weight excluding hydrogens is 278 g/mol. The van der Waals surface area contributed by atoms with Crippen LogP contribution in [0.4, 0.5) is 5.69 Å². The SMILES string of the molecule is O=C(CCC1CCCC1)Nc1ccc(Br)cc1. The molecule has 0 saturated heterocycles. The quantitative estimate of drug-likeness (QED) is 0.879. The van der Waals surface area contributed by atoms with Crippen LogP contribution < -0.4 is 5.32 Å². The topological polar surface area (TPSA) is 29.1 Å². The maximum Gasteiger partial charge on any atom is 0.224 e. The molecule has 0 bridgehead atoms. The molecule has 1 aromatic rings. The van der Waals surface area contributed by atoms with Crippen molar-refractivity contribution >= 4 is 27.5 Å². The van der Waals surface area contributed by atoms with Gasteiger partial charge in [-0.15, -0.1) is 0 Å². The van der Waals surface area contributed by atoms with E-state index < -0.39 is 0 Å². The molecule has 0 aliphatic heterocycles. The van der Waals surface area contributed by atoms with Crippen LogP contribution in [0, 0.1) is 5.92 Å². The maximum absolute atomic E-state index is 11.7. The summed E-state index contributed by atoms with van der Waals surface area (Å²) in [7, 11) is 0. The van der Waals surface area contributed by atoms with Crippen molar-refractivity contribution in [3.63, 3.8) is 0 Å². The minimum atomic E-state index is 0.138. The molecule has 17 heavy (non-hydrogen) atoms. The van der Waals surface area contributed by atoms with Crippen molar-refractivity contribution in [1.82, 2.24) is 0 Å². The lowest BCUT2D eigenvalue weighted by molar-refractivity contribution is -0.116. The molecule has 92 valence electrons. The fourth-order valence-corrected chi connectivity index (χ4v) is 2.66. The molecular formula is C14H18BrNO. The van der Waals surface area contributed by atoms with Crippen LogP contribution in [0.15, 0.2) is 28.7 Å². The average molecular weight is 296 g/mol. The number of nitrogens with one attached hydrogen (secondary N) is 1. The second-order valence-electron chi connectivity index (χ2n) is 4.74. The lowest BCUT2D eigenvalue weighted by atomic mass is 10.0. The van der Waals surface area contributed by atoms with E-state index in [4.69, 9.17) is 0 Å². The summed E-state index contributed by atoms with van der Waals surface area (Å²) in [6, 6.07) is 7.70. The van der Waals surface area contributed by atoms with Crippen molar-refractivity contribution in [2.24, 2.45) is 5.92 Å². The van der Waals surface area contributed by atoms with Crippen LogP contribution in [0.2, 0.25) is 0 Å². The normalized spacial score (nSPS) is 16.1. The van der Waals surface area contributed by atoms with Crippen molar-refractivity contribution in [2.75, 3.05) is 5.32 Å². The van der Waals surface area contributed by atoms with Gasteiger partial charge in [-0.3, -0.25) is 4.79 Å². The summed E-state index contributed by atoms with van der Waals surface area (Å²) in [4.78, 5) is 11.7. The molecule has 1 fully saturated rings. The highest BCUT2D eigenvalue weighted by atomic mass is 79.9. The van der Waals surface area contributed by atoms with Crippen LogP contribution in [0.3, 0.4) is 0 Å². The molecule has 0 spiro atoms. The molecule has 0 atom stereocenters. The Balaban J connectivity index is 1.74. The maximum atomic E-state index is 11.7. The highest BCUT2D eigenvalue weighted by Gasteiger charge is 2.16. The number of amides is 1. The molecule has 1 amide bonds. The van der Waals surface area contributed by atoms with Crippen molar-refractivity contribution in [1.29, 1.82) is 0 Å². The van der Waals surface area contributed by atoms with Crippen molar-refractivity contribution in [3.8, 4) is 0 Å². The number of hydrogen-bond acceptors (Lipinski definition) is 1. The molecule has 0 unspecified atom stereocenters. The largest absolute Gasteiger partial charge is 0.326 e. The minimum absolute atomic E-state index is 0.138. The summed E-state index contributed by atoms with van der Waals surface area (Å²) in [6.07, 6.45) is 7.01. The predicted octanol–water partition coefficient (Wildman–Crippen LogP) is 4.36. The Hall–Kier alpha value is -0.830. The van der Waals surface area contributed by atoms with Crippen LogP contribution in [-0.2, 0) is 4.79 Å². The van der Waals surface area contributed by atoms with Gasteiger partial charge in [0.25, 0.3) is 0 Å². The first-order valence-corrected chi connectivity index (χ1v) is 7.09. The van der Waals surface area contributed by atoms with Crippen LogP contribution in [0.5, 0.6) is 0 Å². The van der Waals surface area contributed by atoms with Gasteiger partial charge in [-0.05, 0) is 36.6 Å². The number of hydrogen-bond donors (Lipinski definition) is 1. The molecule has 1 N–H and O–H groups in total. The van der Waals surface area contributed by atoms with E-state index in [0.29, 0.717) is 6.42 Å². The minimum Gasteiger partial charge on any atom is -0.326 e. The first-order chi connectivity index (χ1) is 8.24. The summed E-state index contributed by atoms with van der Waals surface area (Å²) < 4.78 is 1.03. The first-order valence-electron chi connectivity index (χ1n) is 6.29. The number of rotatable bonds is 4. The average Bonchev–Trinajstić information content (AvgIpc) is 2.83. The highest BCUT2D eigenvalue weighted by Crippen LogP contribution is 2.28. The molecule has 1 aliphatic carbocycles. The second kappa shape index (κ2) is 6.20. The zero-order chi connectivity index (χ0) is 12.1. The van der Waals surface area contributed by atoms with Gasteiger partial charge in [-0.1, -0.05) is 41.6 Å². The van der Waals surface area contributed by atoms with Crippen LogP contribution >= 0.6 is 15.9 Å². The summed E-state index contributed by atoms with van der Waals surface area (Å²) >= 11 is 3.37. The zero-order valence-corrected chi connectivity index (χ0v) is 11.5. The van der Waals surface area contributed by atoms with Crippen LogP contribution in [-0.4, -0.2) is 5.91 Å². The van der Waals surface area contributed by atoms with Gasteiger partial charge in [0, 0.05) is 16.6 Å². The molecule has 0 aromatic heterocycles.